The van der Waals surface area contributed by atoms with Crippen molar-refractivity contribution in [1.29, 1.82) is 0 Å². The van der Waals surface area contributed by atoms with Gasteiger partial charge in [0.25, 0.3) is 0 Å². The van der Waals surface area contributed by atoms with Gasteiger partial charge >= 0.3 is 0 Å². The Morgan fingerprint density at radius 2 is 1.62 bits per heavy atom. The third kappa shape index (κ3) is 4.39. The smallest absolute Gasteiger partial charge is 0.160 e. The molecule has 2 heterocycles. The Morgan fingerprint density at radius 1 is 1.00 bits per heavy atom. The van der Waals surface area contributed by atoms with Crippen molar-refractivity contribution >= 4 is 0 Å². The summed E-state index contributed by atoms with van der Waals surface area (Å²) in [5.41, 5.74) is 4.16. The highest BCUT2D eigenvalue weighted by Gasteiger charge is 2.36. The number of aromatic nitrogens is 4. The fraction of sp³-hybridized carbons (Fsp3) is 0.750. The second-order valence-corrected chi connectivity index (χ2v) is 10.8. The summed E-state index contributed by atoms with van der Waals surface area (Å²) >= 11 is 0. The van der Waals surface area contributed by atoms with E-state index in [0.29, 0.717) is 12.1 Å². The number of hydrogen-bond acceptors (Lipinski definition) is 3. The lowest BCUT2D eigenvalue weighted by atomic mass is 9.80. The predicted octanol–water partition coefficient (Wildman–Crippen LogP) is 6.16. The topological polar surface area (TPSA) is 44.9 Å². The second-order valence-electron chi connectivity index (χ2n) is 10.8. The molecule has 0 aliphatic heterocycles. The highest BCUT2D eigenvalue weighted by atomic mass is 16.5. The van der Waals surface area contributed by atoms with Gasteiger partial charge < -0.3 is 4.74 Å². The highest BCUT2D eigenvalue weighted by Crippen LogP contribution is 2.46. The van der Waals surface area contributed by atoms with Crippen LogP contribution in [0.15, 0.2) is 12.4 Å². The molecule has 2 aromatic rings. The van der Waals surface area contributed by atoms with E-state index in [1.54, 1.807) is 7.11 Å². The molecule has 0 N–H and O–H groups in total. The maximum Gasteiger partial charge on any atom is 0.160 e. The van der Waals surface area contributed by atoms with Gasteiger partial charge in [0, 0.05) is 28.6 Å². The first-order valence-corrected chi connectivity index (χ1v) is 11.2. The summed E-state index contributed by atoms with van der Waals surface area (Å²) in [6, 6.07) is 0.698. The molecule has 5 heteroatoms. The van der Waals surface area contributed by atoms with Crippen LogP contribution < -0.4 is 4.74 Å². The number of methoxy groups -OCH3 is 1. The third-order valence-corrected chi connectivity index (χ3v) is 6.27. The molecular formula is C24H40N4O. The molecule has 0 spiro atoms. The fourth-order valence-electron chi connectivity index (χ4n) is 4.51. The number of hydrogen-bond donors (Lipinski definition) is 0. The Labute approximate surface area is 176 Å². The maximum absolute atomic E-state index is 5.60. The van der Waals surface area contributed by atoms with Gasteiger partial charge in [-0.3, -0.25) is 9.36 Å². The molecular weight excluding hydrogens is 360 g/mol. The molecule has 1 atom stereocenters. The normalized spacial score (nSPS) is 16.5. The Hall–Kier alpha value is -1.78. The maximum atomic E-state index is 5.60. The zero-order valence-corrected chi connectivity index (χ0v) is 19.9. The van der Waals surface area contributed by atoms with Gasteiger partial charge in [0.1, 0.15) is 0 Å². The summed E-state index contributed by atoms with van der Waals surface area (Å²) in [7, 11) is 1.73. The SMILES string of the molecule is COc1cnn(C(C)CCC(C)(C)c2c(C3CC3)cnn2C(C)C)c1C(C)(C)C. The van der Waals surface area contributed by atoms with Crippen molar-refractivity contribution in [1.82, 2.24) is 19.6 Å². The van der Waals surface area contributed by atoms with Crippen LogP contribution in [-0.2, 0) is 10.8 Å². The highest BCUT2D eigenvalue weighted by molar-refractivity contribution is 5.33. The first-order chi connectivity index (χ1) is 13.5. The number of nitrogens with zero attached hydrogens (tertiary/aromatic N) is 4. The first-order valence-electron chi connectivity index (χ1n) is 11.2. The van der Waals surface area contributed by atoms with Gasteiger partial charge in [-0.2, -0.15) is 10.2 Å². The fourth-order valence-corrected chi connectivity index (χ4v) is 4.51. The summed E-state index contributed by atoms with van der Waals surface area (Å²) in [4.78, 5) is 0. The van der Waals surface area contributed by atoms with Crippen molar-refractivity contribution in [2.24, 2.45) is 0 Å². The minimum atomic E-state index is -0.0129. The van der Waals surface area contributed by atoms with Gasteiger partial charge in [-0.1, -0.05) is 34.6 Å². The van der Waals surface area contributed by atoms with Crippen LogP contribution in [0.5, 0.6) is 5.75 Å². The average molecular weight is 401 g/mol. The summed E-state index contributed by atoms with van der Waals surface area (Å²) in [5.74, 6) is 1.61. The van der Waals surface area contributed by atoms with Crippen molar-refractivity contribution in [3.05, 3.63) is 29.3 Å². The summed E-state index contributed by atoms with van der Waals surface area (Å²) in [6.45, 7) is 18.2. The lowest BCUT2D eigenvalue weighted by Crippen LogP contribution is -2.27. The number of rotatable bonds is 8. The van der Waals surface area contributed by atoms with E-state index in [1.165, 1.54) is 29.8 Å². The van der Waals surface area contributed by atoms with Crippen LogP contribution in [0.4, 0.5) is 0 Å². The van der Waals surface area contributed by atoms with Gasteiger partial charge in [0.2, 0.25) is 0 Å². The first kappa shape index (κ1) is 21.9. The van der Waals surface area contributed by atoms with E-state index in [2.05, 4.69) is 71.0 Å². The van der Waals surface area contributed by atoms with E-state index in [9.17, 15) is 0 Å². The molecule has 0 aromatic carbocycles. The molecule has 0 amide bonds. The van der Waals surface area contributed by atoms with Gasteiger partial charge in [0.05, 0.1) is 25.2 Å². The average Bonchev–Trinajstić information content (AvgIpc) is 3.20. The Kier molecular flexibility index (Phi) is 5.90. The minimum Gasteiger partial charge on any atom is -0.493 e. The van der Waals surface area contributed by atoms with Crippen LogP contribution in [0, 0.1) is 0 Å². The molecule has 2 aromatic heterocycles. The summed E-state index contributed by atoms with van der Waals surface area (Å²) in [5, 5.41) is 9.46. The van der Waals surface area contributed by atoms with Crippen LogP contribution in [0.3, 0.4) is 0 Å². The molecule has 5 nitrogen and oxygen atoms in total. The van der Waals surface area contributed by atoms with Crippen LogP contribution in [0.2, 0.25) is 0 Å². The second kappa shape index (κ2) is 7.81. The zero-order valence-electron chi connectivity index (χ0n) is 19.9. The van der Waals surface area contributed by atoms with Crippen LogP contribution in [-0.4, -0.2) is 26.7 Å². The van der Waals surface area contributed by atoms with Crippen molar-refractivity contribution in [2.75, 3.05) is 7.11 Å². The molecule has 0 bridgehead atoms. The molecule has 1 fully saturated rings. The van der Waals surface area contributed by atoms with Crippen molar-refractivity contribution in [3.63, 3.8) is 0 Å². The van der Waals surface area contributed by atoms with Gasteiger partial charge in [0.15, 0.2) is 5.75 Å². The predicted molar refractivity (Wildman–Crippen MR) is 119 cm³/mol. The summed E-state index contributed by atoms with van der Waals surface area (Å²) in [6.07, 6.45) is 8.78. The van der Waals surface area contributed by atoms with E-state index in [4.69, 9.17) is 14.9 Å². The minimum absolute atomic E-state index is 0.0129. The molecule has 3 rings (SSSR count). The standard InChI is InChI=1S/C24H40N4O/c1-16(2)27-21(19(14-25-27)18-10-11-18)24(7,8)13-12-17(3)28-22(23(4,5)6)20(29-9)15-26-28/h14-18H,10-13H2,1-9H3. The van der Waals surface area contributed by atoms with Gasteiger partial charge in [-0.05, 0) is 57.9 Å². The lowest BCUT2D eigenvalue weighted by molar-refractivity contribution is 0.329. The van der Waals surface area contributed by atoms with Gasteiger partial charge in [-0.15, -0.1) is 0 Å². The van der Waals surface area contributed by atoms with Gasteiger partial charge in [-0.25, -0.2) is 0 Å². The molecule has 1 saturated carbocycles. The van der Waals surface area contributed by atoms with Crippen LogP contribution in [0.1, 0.15) is 116 Å². The Balaban J connectivity index is 1.83. The zero-order chi connectivity index (χ0) is 21.6. The van der Waals surface area contributed by atoms with E-state index in [-0.39, 0.29) is 10.8 Å². The summed E-state index contributed by atoms with van der Waals surface area (Å²) < 4.78 is 10.0. The molecule has 162 valence electrons. The largest absolute Gasteiger partial charge is 0.493 e. The molecule has 1 aliphatic carbocycles. The molecule has 1 aliphatic rings. The van der Waals surface area contributed by atoms with Crippen molar-refractivity contribution in [2.45, 2.75) is 110 Å². The Bertz CT molecular complexity index is 814. The monoisotopic (exact) mass is 400 g/mol. The number of ether oxygens (including phenoxy) is 1. The lowest BCUT2D eigenvalue weighted by Gasteiger charge is -2.31. The van der Waals surface area contributed by atoms with Crippen molar-refractivity contribution < 1.29 is 4.74 Å². The van der Waals surface area contributed by atoms with E-state index < -0.39 is 0 Å². The van der Waals surface area contributed by atoms with Crippen molar-refractivity contribution in [3.8, 4) is 5.75 Å². The van der Waals surface area contributed by atoms with E-state index in [1.807, 2.05) is 6.20 Å². The molecule has 29 heavy (non-hydrogen) atoms. The van der Waals surface area contributed by atoms with E-state index >= 15 is 0 Å². The van der Waals surface area contributed by atoms with Crippen LogP contribution in [0.25, 0.3) is 0 Å². The van der Waals surface area contributed by atoms with E-state index in [0.717, 1.165) is 24.5 Å². The third-order valence-electron chi connectivity index (χ3n) is 6.27. The quantitative estimate of drug-likeness (QED) is 0.533. The van der Waals surface area contributed by atoms with Crippen LogP contribution >= 0.6 is 0 Å². The Morgan fingerprint density at radius 3 is 2.14 bits per heavy atom. The molecule has 1 unspecified atom stereocenters. The molecule has 0 saturated heterocycles. The molecule has 0 radical (unpaired) electrons.